The number of methoxy groups -OCH3 is 1. The molecule has 1 atom stereocenters. The summed E-state index contributed by atoms with van der Waals surface area (Å²) in [5.41, 5.74) is 1.55. The summed E-state index contributed by atoms with van der Waals surface area (Å²) in [6, 6.07) is 17.1. The number of ether oxygens (including phenoxy) is 2. The third-order valence-electron chi connectivity index (χ3n) is 3.82. The summed E-state index contributed by atoms with van der Waals surface area (Å²) in [6.07, 6.45) is 0.844. The van der Waals surface area contributed by atoms with Crippen LogP contribution in [-0.4, -0.2) is 31.3 Å². The molecule has 5 nitrogen and oxygen atoms in total. The zero-order valence-electron chi connectivity index (χ0n) is 15.0. The Kier molecular flexibility index (Phi) is 8.05. The minimum Gasteiger partial charge on any atom is -0.490 e. The molecule has 26 heavy (non-hydrogen) atoms. The van der Waals surface area contributed by atoms with Crippen LogP contribution in [0.5, 0.6) is 5.75 Å². The molecule has 0 radical (unpaired) electrons. The number of hydrogen-bond donors (Lipinski definition) is 2. The lowest BCUT2D eigenvalue weighted by Crippen LogP contribution is -2.41. The van der Waals surface area contributed by atoms with E-state index in [-0.39, 0.29) is 17.1 Å². The number of amides is 1. The predicted molar refractivity (Wildman–Crippen MR) is 106 cm³/mol. The van der Waals surface area contributed by atoms with E-state index in [1.54, 1.807) is 25.3 Å². The number of carbonyl (C=O) groups is 1. The fourth-order valence-corrected chi connectivity index (χ4v) is 2.72. The van der Waals surface area contributed by atoms with Crippen molar-refractivity contribution in [3.63, 3.8) is 0 Å². The van der Waals surface area contributed by atoms with Gasteiger partial charge in [0.2, 0.25) is 0 Å². The van der Waals surface area contributed by atoms with Crippen LogP contribution in [0.2, 0.25) is 0 Å². The minimum absolute atomic E-state index is 0.0391. The first kappa shape index (κ1) is 19.9. The van der Waals surface area contributed by atoms with Crippen molar-refractivity contribution < 1.29 is 14.3 Å². The highest BCUT2D eigenvalue weighted by Gasteiger charge is 2.16. The van der Waals surface area contributed by atoms with Gasteiger partial charge < -0.3 is 14.8 Å². The Morgan fingerprint density at radius 1 is 1.08 bits per heavy atom. The molecule has 0 fully saturated rings. The second-order valence-corrected chi connectivity index (χ2v) is 6.04. The molecule has 0 aliphatic carbocycles. The van der Waals surface area contributed by atoms with Gasteiger partial charge in [0.05, 0.1) is 18.2 Å². The summed E-state index contributed by atoms with van der Waals surface area (Å²) in [7, 11) is 1.60. The lowest BCUT2D eigenvalue weighted by Gasteiger charge is -2.20. The molecule has 2 N–H and O–H groups in total. The van der Waals surface area contributed by atoms with Crippen molar-refractivity contribution in [3.05, 3.63) is 65.7 Å². The van der Waals surface area contributed by atoms with Crippen LogP contribution in [0, 0.1) is 0 Å². The van der Waals surface area contributed by atoms with Crippen LogP contribution in [0.3, 0.4) is 0 Å². The molecular weight excluding hydrogens is 348 g/mol. The Balaban J connectivity index is 1.99. The standard InChI is InChI=1S/C20H24N2O3S/c1-3-17(15-9-5-4-6-10-15)21-20(26)22-19(23)16-11-7-8-12-18(16)25-14-13-24-2/h4-12,17H,3,13-14H2,1-2H3,(H2,21,22,23,26). The number of benzene rings is 2. The molecule has 2 aromatic rings. The molecule has 0 spiro atoms. The molecule has 0 heterocycles. The van der Waals surface area contributed by atoms with Gasteiger partial charge in [-0.1, -0.05) is 49.4 Å². The van der Waals surface area contributed by atoms with Gasteiger partial charge in [-0.25, -0.2) is 0 Å². The number of hydrogen-bond acceptors (Lipinski definition) is 4. The largest absolute Gasteiger partial charge is 0.490 e. The summed E-state index contributed by atoms with van der Waals surface area (Å²) in [5, 5.41) is 6.22. The van der Waals surface area contributed by atoms with E-state index in [4.69, 9.17) is 21.7 Å². The van der Waals surface area contributed by atoms with Crippen LogP contribution in [0.15, 0.2) is 54.6 Å². The summed E-state index contributed by atoms with van der Waals surface area (Å²) >= 11 is 5.32. The summed E-state index contributed by atoms with van der Waals surface area (Å²) in [5.74, 6) is 0.193. The summed E-state index contributed by atoms with van der Waals surface area (Å²) in [6.45, 7) is 2.88. The Hall–Kier alpha value is -2.44. The predicted octanol–water partition coefficient (Wildman–Crippen LogP) is 3.47. The maximum atomic E-state index is 12.6. The number of carbonyl (C=O) groups excluding carboxylic acids is 1. The van der Waals surface area contributed by atoms with Gasteiger partial charge in [0.25, 0.3) is 5.91 Å². The molecule has 1 unspecified atom stereocenters. The second-order valence-electron chi connectivity index (χ2n) is 5.64. The number of nitrogens with one attached hydrogen (secondary N) is 2. The smallest absolute Gasteiger partial charge is 0.261 e. The highest BCUT2D eigenvalue weighted by Crippen LogP contribution is 2.18. The van der Waals surface area contributed by atoms with Crippen LogP contribution < -0.4 is 15.4 Å². The number of rotatable bonds is 8. The van der Waals surface area contributed by atoms with Gasteiger partial charge >= 0.3 is 0 Å². The fraction of sp³-hybridized carbons (Fsp3) is 0.300. The van der Waals surface area contributed by atoms with Gasteiger partial charge in [-0.05, 0) is 36.3 Å². The molecule has 0 aliphatic heterocycles. The third-order valence-corrected chi connectivity index (χ3v) is 4.04. The average molecular weight is 372 g/mol. The van der Waals surface area contributed by atoms with Crippen LogP contribution in [-0.2, 0) is 4.74 Å². The van der Waals surface area contributed by atoms with E-state index in [0.29, 0.717) is 24.5 Å². The molecule has 2 rings (SSSR count). The normalized spacial score (nSPS) is 11.5. The van der Waals surface area contributed by atoms with Gasteiger partial charge in [-0.2, -0.15) is 0 Å². The van der Waals surface area contributed by atoms with E-state index in [0.717, 1.165) is 12.0 Å². The van der Waals surface area contributed by atoms with E-state index in [2.05, 4.69) is 17.6 Å². The SMILES string of the molecule is CCC(NC(=S)NC(=O)c1ccccc1OCCOC)c1ccccc1. The molecule has 0 aromatic heterocycles. The van der Waals surface area contributed by atoms with Gasteiger partial charge in [-0.3, -0.25) is 10.1 Å². The van der Waals surface area contributed by atoms with Crippen LogP contribution >= 0.6 is 12.2 Å². The molecular formula is C20H24N2O3S. The molecule has 6 heteroatoms. The zero-order chi connectivity index (χ0) is 18.8. The second kappa shape index (κ2) is 10.5. The number of thiocarbonyl (C=S) groups is 1. The van der Waals surface area contributed by atoms with Crippen molar-refractivity contribution >= 4 is 23.2 Å². The molecule has 2 aromatic carbocycles. The van der Waals surface area contributed by atoms with Crippen LogP contribution in [0.25, 0.3) is 0 Å². The van der Waals surface area contributed by atoms with Crippen molar-refractivity contribution in [2.45, 2.75) is 19.4 Å². The maximum Gasteiger partial charge on any atom is 0.261 e. The molecule has 138 valence electrons. The molecule has 1 amide bonds. The van der Waals surface area contributed by atoms with Gasteiger partial charge in [0.15, 0.2) is 5.11 Å². The summed E-state index contributed by atoms with van der Waals surface area (Å²) < 4.78 is 10.6. The lowest BCUT2D eigenvalue weighted by atomic mass is 10.1. The Labute approximate surface area is 159 Å². The van der Waals surface area contributed by atoms with Crippen LogP contribution in [0.1, 0.15) is 35.3 Å². The van der Waals surface area contributed by atoms with E-state index >= 15 is 0 Å². The van der Waals surface area contributed by atoms with Crippen molar-refractivity contribution in [2.24, 2.45) is 0 Å². The maximum absolute atomic E-state index is 12.6. The van der Waals surface area contributed by atoms with Gasteiger partial charge in [0.1, 0.15) is 12.4 Å². The van der Waals surface area contributed by atoms with Crippen LogP contribution in [0.4, 0.5) is 0 Å². The first-order valence-electron chi connectivity index (χ1n) is 8.53. The minimum atomic E-state index is -0.307. The third kappa shape index (κ3) is 5.82. The van der Waals surface area contributed by atoms with Crippen molar-refractivity contribution in [1.29, 1.82) is 0 Å². The highest BCUT2D eigenvalue weighted by atomic mass is 32.1. The Morgan fingerprint density at radius 2 is 1.77 bits per heavy atom. The monoisotopic (exact) mass is 372 g/mol. The van der Waals surface area contributed by atoms with E-state index in [1.165, 1.54) is 0 Å². The quantitative estimate of drug-likeness (QED) is 0.549. The molecule has 0 bridgehead atoms. The van der Waals surface area contributed by atoms with Crippen molar-refractivity contribution in [1.82, 2.24) is 10.6 Å². The number of para-hydroxylation sites is 1. The lowest BCUT2D eigenvalue weighted by molar-refractivity contribution is 0.0968. The van der Waals surface area contributed by atoms with Crippen molar-refractivity contribution in [3.8, 4) is 5.75 Å². The van der Waals surface area contributed by atoms with E-state index < -0.39 is 0 Å². The highest BCUT2D eigenvalue weighted by molar-refractivity contribution is 7.80. The average Bonchev–Trinajstić information content (AvgIpc) is 2.67. The van der Waals surface area contributed by atoms with E-state index in [1.807, 2.05) is 36.4 Å². The zero-order valence-corrected chi connectivity index (χ0v) is 15.8. The van der Waals surface area contributed by atoms with Crippen molar-refractivity contribution in [2.75, 3.05) is 20.3 Å². The topological polar surface area (TPSA) is 59.6 Å². The fourth-order valence-electron chi connectivity index (χ4n) is 2.49. The summed E-state index contributed by atoms with van der Waals surface area (Å²) in [4.78, 5) is 12.6. The molecule has 0 aliphatic rings. The Bertz CT molecular complexity index is 722. The first-order chi connectivity index (χ1) is 12.7. The van der Waals surface area contributed by atoms with Gasteiger partial charge in [0, 0.05) is 7.11 Å². The Morgan fingerprint density at radius 3 is 2.46 bits per heavy atom. The molecule has 0 saturated carbocycles. The van der Waals surface area contributed by atoms with Gasteiger partial charge in [-0.15, -0.1) is 0 Å². The van der Waals surface area contributed by atoms with E-state index in [9.17, 15) is 4.79 Å². The first-order valence-corrected chi connectivity index (χ1v) is 8.94. The molecule has 0 saturated heterocycles.